The smallest absolute Gasteiger partial charge is 0.192 e. The number of hydrogen-bond donors (Lipinski definition) is 2. The molecule has 2 N–H and O–H groups in total. The minimum atomic E-state index is 0.332. The van der Waals surface area contributed by atoms with E-state index >= 15 is 0 Å². The fraction of sp³-hybridized carbons (Fsp3) is 0.500. The molecule has 0 saturated carbocycles. The summed E-state index contributed by atoms with van der Waals surface area (Å²) in [6.07, 6.45) is 6.22. The van der Waals surface area contributed by atoms with Crippen molar-refractivity contribution in [3.8, 4) is 12.3 Å². The van der Waals surface area contributed by atoms with Crippen LogP contribution in [0.5, 0.6) is 0 Å². The van der Waals surface area contributed by atoms with Gasteiger partial charge in [-0.1, -0.05) is 5.92 Å². The molecular weight excluding hydrogens is 242 g/mol. The molecule has 0 amide bonds. The molecule has 0 fully saturated rings. The molecule has 1 rings (SSSR count). The first-order valence-corrected chi connectivity index (χ1v) is 7.01. The summed E-state index contributed by atoms with van der Waals surface area (Å²) in [4.78, 5) is 7.02. The van der Waals surface area contributed by atoms with E-state index in [4.69, 9.17) is 6.42 Å². The standard InChI is InChI=1S/C14H21N3S/c1-5-9-16-14(15-6-2)17-11(3)10-13-8-7-12(4)18-13/h1,7-8,11H,6,9-10H2,2-4H3,(H2,15,16,17). The first-order valence-electron chi connectivity index (χ1n) is 6.19. The molecule has 1 aromatic heterocycles. The van der Waals surface area contributed by atoms with Crippen LogP contribution in [0.15, 0.2) is 17.1 Å². The van der Waals surface area contributed by atoms with Gasteiger partial charge in [0.25, 0.3) is 0 Å². The van der Waals surface area contributed by atoms with Gasteiger partial charge in [-0.3, -0.25) is 0 Å². The number of nitrogens with zero attached hydrogens (tertiary/aromatic N) is 1. The third-order valence-electron chi connectivity index (χ3n) is 2.36. The maximum absolute atomic E-state index is 5.22. The molecule has 1 unspecified atom stereocenters. The van der Waals surface area contributed by atoms with Gasteiger partial charge in [0.2, 0.25) is 0 Å². The van der Waals surface area contributed by atoms with Crippen molar-refractivity contribution in [1.82, 2.24) is 10.6 Å². The molecule has 0 aromatic carbocycles. The van der Waals surface area contributed by atoms with E-state index < -0.39 is 0 Å². The fourth-order valence-electron chi connectivity index (χ4n) is 1.63. The highest BCUT2D eigenvalue weighted by Crippen LogP contribution is 2.16. The minimum absolute atomic E-state index is 0.332. The highest BCUT2D eigenvalue weighted by Gasteiger charge is 2.07. The van der Waals surface area contributed by atoms with E-state index in [1.54, 1.807) is 0 Å². The Bertz CT molecular complexity index is 428. The summed E-state index contributed by atoms with van der Waals surface area (Å²) in [5, 5.41) is 6.55. The van der Waals surface area contributed by atoms with Gasteiger partial charge < -0.3 is 10.6 Å². The van der Waals surface area contributed by atoms with Crippen molar-refractivity contribution >= 4 is 17.3 Å². The van der Waals surface area contributed by atoms with Crippen LogP contribution in [0.1, 0.15) is 23.6 Å². The first-order chi connectivity index (χ1) is 8.65. The zero-order valence-electron chi connectivity index (χ0n) is 11.3. The number of thiophene rings is 1. The van der Waals surface area contributed by atoms with Crippen LogP contribution in [0.4, 0.5) is 0 Å². The molecule has 0 aliphatic heterocycles. The number of nitrogens with one attached hydrogen (secondary N) is 2. The zero-order chi connectivity index (χ0) is 13.4. The molecule has 1 aromatic rings. The number of aliphatic imine (C=N–C) groups is 1. The lowest BCUT2D eigenvalue weighted by atomic mass is 10.2. The topological polar surface area (TPSA) is 36.4 Å². The van der Waals surface area contributed by atoms with Crippen molar-refractivity contribution in [2.45, 2.75) is 33.2 Å². The second kappa shape index (κ2) is 7.78. The van der Waals surface area contributed by atoms with Gasteiger partial charge in [-0.05, 0) is 32.9 Å². The van der Waals surface area contributed by atoms with E-state index in [-0.39, 0.29) is 0 Å². The van der Waals surface area contributed by atoms with Gasteiger partial charge in [0, 0.05) is 28.8 Å². The van der Waals surface area contributed by atoms with Crippen LogP contribution in [0.25, 0.3) is 0 Å². The van der Waals surface area contributed by atoms with Crippen molar-refractivity contribution in [3.63, 3.8) is 0 Å². The van der Waals surface area contributed by atoms with Crippen LogP contribution in [-0.4, -0.2) is 25.1 Å². The lowest BCUT2D eigenvalue weighted by Gasteiger charge is -2.16. The summed E-state index contributed by atoms with van der Waals surface area (Å²) in [5.41, 5.74) is 0. The molecule has 0 radical (unpaired) electrons. The van der Waals surface area contributed by atoms with Crippen molar-refractivity contribution in [1.29, 1.82) is 0 Å². The average Bonchev–Trinajstić information content (AvgIpc) is 2.71. The maximum atomic E-state index is 5.22. The molecule has 3 nitrogen and oxygen atoms in total. The van der Waals surface area contributed by atoms with Crippen LogP contribution in [0.2, 0.25) is 0 Å². The molecule has 0 spiro atoms. The summed E-state index contributed by atoms with van der Waals surface area (Å²) in [5.74, 6) is 3.31. The Morgan fingerprint density at radius 2 is 2.33 bits per heavy atom. The molecule has 18 heavy (non-hydrogen) atoms. The average molecular weight is 263 g/mol. The maximum Gasteiger partial charge on any atom is 0.192 e. The van der Waals surface area contributed by atoms with Gasteiger partial charge >= 0.3 is 0 Å². The van der Waals surface area contributed by atoms with Crippen LogP contribution in [-0.2, 0) is 6.42 Å². The minimum Gasteiger partial charge on any atom is -0.357 e. The highest BCUT2D eigenvalue weighted by molar-refractivity contribution is 7.11. The Labute approximate surface area is 114 Å². The summed E-state index contributed by atoms with van der Waals surface area (Å²) in [6.45, 7) is 7.56. The quantitative estimate of drug-likeness (QED) is 0.485. The van der Waals surface area contributed by atoms with E-state index in [9.17, 15) is 0 Å². The lowest BCUT2D eigenvalue weighted by molar-refractivity contribution is 0.647. The monoisotopic (exact) mass is 263 g/mol. The Hall–Kier alpha value is -1.47. The number of rotatable bonds is 5. The second-order valence-corrected chi connectivity index (χ2v) is 5.53. The SMILES string of the molecule is C#CCN=C(NCC)NC(C)Cc1ccc(C)s1. The van der Waals surface area contributed by atoms with Gasteiger partial charge in [0.15, 0.2) is 5.96 Å². The van der Waals surface area contributed by atoms with E-state index in [0.29, 0.717) is 12.6 Å². The Morgan fingerprint density at radius 1 is 1.56 bits per heavy atom. The third-order valence-corrected chi connectivity index (χ3v) is 3.38. The molecule has 0 bridgehead atoms. The van der Waals surface area contributed by atoms with Crippen molar-refractivity contribution < 1.29 is 0 Å². The summed E-state index contributed by atoms with van der Waals surface area (Å²) in [6, 6.07) is 4.67. The predicted molar refractivity (Wildman–Crippen MR) is 80.2 cm³/mol. The molecular formula is C14H21N3S. The van der Waals surface area contributed by atoms with Gasteiger partial charge in [0.1, 0.15) is 6.54 Å². The van der Waals surface area contributed by atoms with Gasteiger partial charge in [-0.15, -0.1) is 17.8 Å². The first kappa shape index (κ1) is 14.6. The van der Waals surface area contributed by atoms with Gasteiger partial charge in [-0.25, -0.2) is 4.99 Å². The Kier molecular flexibility index (Phi) is 6.31. The summed E-state index contributed by atoms with van der Waals surface area (Å²) >= 11 is 1.84. The predicted octanol–water partition coefficient (Wildman–Crippen LogP) is 2.18. The van der Waals surface area contributed by atoms with Crippen LogP contribution in [0, 0.1) is 19.3 Å². The molecule has 98 valence electrons. The van der Waals surface area contributed by atoms with Crippen molar-refractivity contribution in [3.05, 3.63) is 21.9 Å². The molecule has 0 aliphatic carbocycles. The number of hydrogen-bond acceptors (Lipinski definition) is 2. The van der Waals surface area contributed by atoms with E-state index in [0.717, 1.165) is 18.9 Å². The Morgan fingerprint density at radius 3 is 2.89 bits per heavy atom. The van der Waals surface area contributed by atoms with E-state index in [2.05, 4.69) is 47.5 Å². The molecule has 0 aliphatic rings. The fourth-order valence-corrected chi connectivity index (χ4v) is 2.64. The molecule has 1 atom stereocenters. The summed E-state index contributed by atoms with van der Waals surface area (Å²) < 4.78 is 0. The number of terminal acetylenes is 1. The molecule has 4 heteroatoms. The molecule has 1 heterocycles. The second-order valence-electron chi connectivity index (χ2n) is 4.16. The number of guanidine groups is 1. The zero-order valence-corrected chi connectivity index (χ0v) is 12.1. The third kappa shape index (κ3) is 5.24. The summed E-state index contributed by atoms with van der Waals surface area (Å²) in [7, 11) is 0. The van der Waals surface area contributed by atoms with Crippen molar-refractivity contribution in [2.75, 3.05) is 13.1 Å². The van der Waals surface area contributed by atoms with Crippen molar-refractivity contribution in [2.24, 2.45) is 4.99 Å². The van der Waals surface area contributed by atoms with Crippen LogP contribution < -0.4 is 10.6 Å². The largest absolute Gasteiger partial charge is 0.357 e. The Balaban J connectivity index is 2.50. The van der Waals surface area contributed by atoms with E-state index in [1.807, 2.05) is 18.3 Å². The van der Waals surface area contributed by atoms with Gasteiger partial charge in [-0.2, -0.15) is 0 Å². The lowest BCUT2D eigenvalue weighted by Crippen LogP contribution is -2.43. The molecule has 0 saturated heterocycles. The van der Waals surface area contributed by atoms with E-state index in [1.165, 1.54) is 9.75 Å². The van der Waals surface area contributed by atoms with Gasteiger partial charge in [0.05, 0.1) is 0 Å². The van der Waals surface area contributed by atoms with Crippen LogP contribution >= 0.6 is 11.3 Å². The highest BCUT2D eigenvalue weighted by atomic mass is 32.1. The van der Waals surface area contributed by atoms with Crippen LogP contribution in [0.3, 0.4) is 0 Å². The normalized spacial score (nSPS) is 12.9. The number of aryl methyl sites for hydroxylation is 1.